The van der Waals surface area contributed by atoms with E-state index in [9.17, 15) is 23.3 Å². The van der Waals surface area contributed by atoms with Crippen molar-refractivity contribution >= 4 is 0 Å². The van der Waals surface area contributed by atoms with Gasteiger partial charge >= 0.3 is 6.36 Å². The van der Waals surface area contributed by atoms with Gasteiger partial charge in [-0.2, -0.15) is 0 Å². The Labute approximate surface area is 122 Å². The quantitative estimate of drug-likeness (QED) is 0.676. The van der Waals surface area contributed by atoms with Gasteiger partial charge in [0.1, 0.15) is 0 Å². The van der Waals surface area contributed by atoms with E-state index in [2.05, 4.69) is 15.0 Å². The predicted octanol–water partition coefficient (Wildman–Crippen LogP) is 1.97. The zero-order chi connectivity index (χ0) is 16.2. The zero-order valence-corrected chi connectivity index (χ0v) is 11.1. The van der Waals surface area contributed by atoms with Crippen molar-refractivity contribution in [2.45, 2.75) is 12.9 Å². The molecule has 0 amide bonds. The Morgan fingerprint density at radius 3 is 2.86 bits per heavy atom. The molecule has 0 bridgehead atoms. The first-order chi connectivity index (χ1) is 10.3. The summed E-state index contributed by atoms with van der Waals surface area (Å²) in [7, 11) is 0. The van der Waals surface area contributed by atoms with E-state index in [-0.39, 0.29) is 12.4 Å². The van der Waals surface area contributed by atoms with Crippen LogP contribution in [-0.4, -0.2) is 27.7 Å². The van der Waals surface area contributed by atoms with Gasteiger partial charge in [0.2, 0.25) is 5.88 Å². The van der Waals surface area contributed by atoms with Crippen molar-refractivity contribution in [3.05, 3.63) is 58.3 Å². The minimum Gasteiger partial charge on any atom is -0.388 e. The molecule has 2 heterocycles. The van der Waals surface area contributed by atoms with Gasteiger partial charge in [0, 0.05) is 25.0 Å². The smallest absolute Gasteiger partial charge is 0.388 e. The maximum atomic E-state index is 12.0. The summed E-state index contributed by atoms with van der Waals surface area (Å²) >= 11 is 0. The molecule has 0 spiro atoms. The average molecular weight is 316 g/mol. The number of nitrogens with zero attached hydrogens (tertiary/aromatic N) is 3. The van der Waals surface area contributed by atoms with E-state index in [0.717, 1.165) is 12.3 Å². The Morgan fingerprint density at radius 2 is 2.27 bits per heavy atom. The van der Waals surface area contributed by atoms with Crippen molar-refractivity contribution in [1.82, 2.24) is 15.2 Å². The van der Waals surface area contributed by atoms with Gasteiger partial charge in [-0.25, -0.2) is 4.98 Å². The second-order valence-electron chi connectivity index (χ2n) is 4.25. The van der Waals surface area contributed by atoms with Crippen LogP contribution < -0.4 is 10.1 Å². The van der Waals surface area contributed by atoms with E-state index in [1.165, 1.54) is 12.3 Å². The Bertz CT molecular complexity index is 599. The number of rotatable bonds is 4. The topological polar surface area (TPSA) is 80.5 Å². The lowest BCUT2D eigenvalue weighted by molar-refractivity contribution is -0.404. The Hall–Kier alpha value is -2.78. The van der Waals surface area contributed by atoms with Gasteiger partial charge in [0.15, 0.2) is 5.82 Å². The number of nitrogens with one attached hydrogen (secondary N) is 1. The van der Waals surface area contributed by atoms with Crippen LogP contribution in [0.25, 0.3) is 0 Å². The minimum absolute atomic E-state index is 0.211. The van der Waals surface area contributed by atoms with Crippen LogP contribution in [0, 0.1) is 10.1 Å². The fraction of sp³-hybridized carbons (Fsp3) is 0.250. The number of halogens is 3. The molecular formula is C12H11F3N4O3. The molecule has 0 aliphatic carbocycles. The van der Waals surface area contributed by atoms with Gasteiger partial charge in [-0.05, 0) is 11.6 Å². The van der Waals surface area contributed by atoms with Gasteiger partial charge in [0.05, 0.1) is 11.5 Å². The lowest BCUT2D eigenvalue weighted by Gasteiger charge is -2.25. The molecular weight excluding hydrogens is 305 g/mol. The minimum atomic E-state index is -4.80. The maximum Gasteiger partial charge on any atom is 0.574 e. The second-order valence-corrected chi connectivity index (χ2v) is 4.25. The zero-order valence-electron chi connectivity index (χ0n) is 11.1. The number of nitro groups is 1. The van der Waals surface area contributed by atoms with Crippen LogP contribution >= 0.6 is 0 Å². The fourth-order valence-corrected chi connectivity index (χ4v) is 1.76. The monoisotopic (exact) mass is 316 g/mol. The standard InChI is InChI=1S/C12H11F3N4O3/c13-12(14,15)22-11-3-2-9(6-17-11)7-18-5-1-4-16-10(18)8-19(20)21/h1-3,5-6,8,16H,4,7H2. The second kappa shape index (κ2) is 6.33. The molecule has 2 rings (SSSR count). The molecule has 0 saturated heterocycles. The highest BCUT2D eigenvalue weighted by atomic mass is 19.4. The van der Waals surface area contributed by atoms with Gasteiger partial charge in [-0.15, -0.1) is 13.2 Å². The molecule has 0 saturated carbocycles. The van der Waals surface area contributed by atoms with Crippen LogP contribution in [-0.2, 0) is 6.54 Å². The third-order valence-corrected chi connectivity index (χ3v) is 2.59. The highest BCUT2D eigenvalue weighted by Crippen LogP contribution is 2.21. The summed E-state index contributed by atoms with van der Waals surface area (Å²) in [5, 5.41) is 13.4. The van der Waals surface area contributed by atoms with Crippen LogP contribution in [0.4, 0.5) is 13.2 Å². The van der Waals surface area contributed by atoms with Gasteiger partial charge in [-0.1, -0.05) is 6.07 Å². The molecule has 1 aromatic rings. The first kappa shape index (κ1) is 15.6. The summed E-state index contributed by atoms with van der Waals surface area (Å²) in [6.07, 6.45) is 0.638. The number of hydrogen-bond acceptors (Lipinski definition) is 6. The molecule has 1 aromatic heterocycles. The third-order valence-electron chi connectivity index (χ3n) is 2.59. The van der Waals surface area contributed by atoms with Gasteiger partial charge in [-0.3, -0.25) is 10.1 Å². The van der Waals surface area contributed by atoms with Gasteiger partial charge in [0.25, 0.3) is 6.20 Å². The molecule has 7 nitrogen and oxygen atoms in total. The van der Waals surface area contributed by atoms with Crippen LogP contribution in [0.1, 0.15) is 5.56 Å². The highest BCUT2D eigenvalue weighted by Gasteiger charge is 2.31. The summed E-state index contributed by atoms with van der Waals surface area (Å²) in [5.41, 5.74) is 0.567. The molecule has 1 aliphatic heterocycles. The first-order valence-corrected chi connectivity index (χ1v) is 6.07. The largest absolute Gasteiger partial charge is 0.574 e. The van der Waals surface area contributed by atoms with E-state index in [1.54, 1.807) is 17.2 Å². The van der Waals surface area contributed by atoms with Crippen LogP contribution in [0.3, 0.4) is 0 Å². The fourth-order valence-electron chi connectivity index (χ4n) is 1.76. The summed E-state index contributed by atoms with van der Waals surface area (Å²) in [6.45, 7) is 0.662. The normalized spacial score (nSPS) is 16.5. The lowest BCUT2D eigenvalue weighted by atomic mass is 10.2. The van der Waals surface area contributed by atoms with E-state index >= 15 is 0 Å². The molecule has 0 aromatic carbocycles. The number of aromatic nitrogens is 1. The molecule has 10 heteroatoms. The average Bonchev–Trinajstić information content (AvgIpc) is 2.41. The van der Waals surface area contributed by atoms with Crippen molar-refractivity contribution in [2.75, 3.05) is 6.54 Å². The van der Waals surface area contributed by atoms with E-state index in [0.29, 0.717) is 12.1 Å². The lowest BCUT2D eigenvalue weighted by Crippen LogP contribution is -2.32. The number of ether oxygens (including phenoxy) is 1. The number of alkyl halides is 3. The van der Waals surface area contributed by atoms with E-state index < -0.39 is 17.2 Å². The third kappa shape index (κ3) is 4.65. The first-order valence-electron chi connectivity index (χ1n) is 6.07. The SMILES string of the molecule is O=[N+]([O-])C=C1NCC=CN1Cc1ccc(OC(F)(F)F)nc1. The van der Waals surface area contributed by atoms with Crippen molar-refractivity contribution in [3.63, 3.8) is 0 Å². The molecule has 0 atom stereocenters. The van der Waals surface area contributed by atoms with Crippen molar-refractivity contribution in [2.24, 2.45) is 0 Å². The summed E-state index contributed by atoms with van der Waals surface area (Å²) < 4.78 is 39.8. The van der Waals surface area contributed by atoms with E-state index in [1.807, 2.05) is 0 Å². The van der Waals surface area contributed by atoms with Gasteiger partial charge < -0.3 is 15.0 Å². The molecule has 1 N–H and O–H groups in total. The molecule has 0 fully saturated rings. The summed E-state index contributed by atoms with van der Waals surface area (Å²) in [4.78, 5) is 15.1. The molecule has 0 unspecified atom stereocenters. The molecule has 1 aliphatic rings. The van der Waals surface area contributed by atoms with E-state index in [4.69, 9.17) is 0 Å². The van der Waals surface area contributed by atoms with Crippen LogP contribution in [0.15, 0.2) is 42.6 Å². The van der Waals surface area contributed by atoms with Crippen molar-refractivity contribution in [3.8, 4) is 5.88 Å². The molecule has 22 heavy (non-hydrogen) atoms. The Morgan fingerprint density at radius 1 is 1.50 bits per heavy atom. The maximum absolute atomic E-state index is 12.0. The Kier molecular flexibility index (Phi) is 4.49. The summed E-state index contributed by atoms with van der Waals surface area (Å²) in [5.74, 6) is -0.285. The van der Waals surface area contributed by atoms with Crippen LogP contribution in [0.2, 0.25) is 0 Å². The highest BCUT2D eigenvalue weighted by molar-refractivity contribution is 5.20. The number of pyridine rings is 1. The Balaban J connectivity index is 2.07. The van der Waals surface area contributed by atoms with Crippen LogP contribution in [0.5, 0.6) is 5.88 Å². The molecule has 0 radical (unpaired) electrons. The molecule has 118 valence electrons. The van der Waals surface area contributed by atoms with Crippen molar-refractivity contribution in [1.29, 1.82) is 0 Å². The summed E-state index contributed by atoms with van der Waals surface area (Å²) in [6, 6.07) is 2.49. The van der Waals surface area contributed by atoms with Crippen molar-refractivity contribution < 1.29 is 22.8 Å². The number of hydrogen-bond donors (Lipinski definition) is 1. The predicted molar refractivity (Wildman–Crippen MR) is 68.7 cm³/mol.